The normalized spacial score (nSPS) is 21.9. The highest BCUT2D eigenvalue weighted by atomic mass is 15.3. The molecule has 0 amide bonds. The number of nitrogens with zero attached hydrogens (tertiary/aromatic N) is 1. The molecule has 0 aliphatic carbocycles. The fraction of sp³-hybridized carbons (Fsp3) is 1.00. The van der Waals surface area contributed by atoms with Crippen molar-refractivity contribution in [1.82, 2.24) is 10.3 Å². The average molecular weight is 269 g/mol. The topological polar surface area (TPSA) is 41.3 Å². The zero-order valence-corrected chi connectivity index (χ0v) is 13.5. The number of hydrogen-bond acceptors (Lipinski definition) is 3. The van der Waals surface area contributed by atoms with Crippen molar-refractivity contribution in [3.05, 3.63) is 0 Å². The summed E-state index contributed by atoms with van der Waals surface area (Å²) in [5.74, 6) is 6.62. The maximum absolute atomic E-state index is 5.87. The predicted octanol–water partition coefficient (Wildman–Crippen LogP) is 3.30. The Kier molecular flexibility index (Phi) is 7.33. The largest absolute Gasteiger partial charge is 0.297 e. The van der Waals surface area contributed by atoms with Crippen LogP contribution in [0.1, 0.15) is 72.6 Å². The summed E-state index contributed by atoms with van der Waals surface area (Å²) >= 11 is 0. The highest BCUT2D eigenvalue weighted by molar-refractivity contribution is 4.94. The van der Waals surface area contributed by atoms with E-state index in [-0.39, 0.29) is 5.54 Å². The van der Waals surface area contributed by atoms with Crippen LogP contribution in [0.15, 0.2) is 0 Å². The fourth-order valence-corrected chi connectivity index (χ4v) is 3.44. The molecule has 1 saturated heterocycles. The molecular weight excluding hydrogens is 234 g/mol. The summed E-state index contributed by atoms with van der Waals surface area (Å²) in [6, 6.07) is 0.382. The van der Waals surface area contributed by atoms with Crippen molar-refractivity contribution < 1.29 is 0 Å². The number of hydrazine groups is 1. The lowest BCUT2D eigenvalue weighted by molar-refractivity contribution is 0.0733. The summed E-state index contributed by atoms with van der Waals surface area (Å²) in [4.78, 5) is 2.66. The second kappa shape index (κ2) is 8.23. The van der Waals surface area contributed by atoms with Crippen molar-refractivity contribution in [2.75, 3.05) is 13.1 Å². The summed E-state index contributed by atoms with van der Waals surface area (Å²) in [7, 11) is 0. The van der Waals surface area contributed by atoms with E-state index >= 15 is 0 Å². The zero-order chi connectivity index (χ0) is 14.3. The molecule has 2 unspecified atom stereocenters. The number of hydrogen-bond donors (Lipinski definition) is 2. The summed E-state index contributed by atoms with van der Waals surface area (Å²) < 4.78 is 0. The van der Waals surface area contributed by atoms with E-state index in [4.69, 9.17) is 5.84 Å². The third-order valence-corrected chi connectivity index (χ3v) is 4.89. The minimum Gasteiger partial charge on any atom is -0.297 e. The van der Waals surface area contributed by atoms with E-state index in [1.807, 2.05) is 0 Å². The number of nitrogens with one attached hydrogen (secondary N) is 1. The summed E-state index contributed by atoms with van der Waals surface area (Å²) in [6.07, 6.45) is 9.19. The predicted molar refractivity (Wildman–Crippen MR) is 83.9 cm³/mol. The average Bonchev–Trinajstić information content (AvgIpc) is 2.65. The lowest BCUT2D eigenvalue weighted by Gasteiger charge is -2.44. The van der Waals surface area contributed by atoms with Gasteiger partial charge in [-0.15, -0.1) is 0 Å². The third-order valence-electron chi connectivity index (χ3n) is 4.89. The van der Waals surface area contributed by atoms with Crippen LogP contribution in [0.25, 0.3) is 0 Å². The van der Waals surface area contributed by atoms with Gasteiger partial charge < -0.3 is 0 Å². The number of likely N-dealkylation sites (tertiary alicyclic amines) is 1. The molecule has 2 atom stereocenters. The van der Waals surface area contributed by atoms with Crippen LogP contribution < -0.4 is 11.3 Å². The van der Waals surface area contributed by atoms with Gasteiger partial charge >= 0.3 is 0 Å². The highest BCUT2D eigenvalue weighted by Gasteiger charge is 2.35. The first-order valence-electron chi connectivity index (χ1n) is 8.23. The molecule has 1 aliphatic rings. The Morgan fingerprint density at radius 2 is 1.74 bits per heavy atom. The lowest BCUT2D eigenvalue weighted by Crippen LogP contribution is -2.60. The van der Waals surface area contributed by atoms with E-state index in [1.165, 1.54) is 58.0 Å². The van der Waals surface area contributed by atoms with Crippen LogP contribution in [-0.4, -0.2) is 29.6 Å². The Labute approximate surface area is 120 Å². The second-order valence-electron chi connectivity index (χ2n) is 6.90. The first-order chi connectivity index (χ1) is 9.02. The Balaban J connectivity index is 2.64. The number of nitrogens with two attached hydrogens (primary N) is 1. The SMILES string of the molecule is CCCC(C)CC(NN)C(C)(C)N1CCCCCC1. The standard InChI is InChI=1S/C16H35N3/c1-5-10-14(2)13-15(18-17)16(3,4)19-11-8-6-7-9-12-19/h14-15,18H,5-13,17H2,1-4H3. The van der Waals surface area contributed by atoms with E-state index in [0.29, 0.717) is 6.04 Å². The Morgan fingerprint density at radius 3 is 2.21 bits per heavy atom. The van der Waals surface area contributed by atoms with E-state index in [1.54, 1.807) is 0 Å². The fourth-order valence-electron chi connectivity index (χ4n) is 3.44. The molecule has 1 heterocycles. The molecule has 0 bridgehead atoms. The molecule has 1 aliphatic heterocycles. The van der Waals surface area contributed by atoms with Gasteiger partial charge in [0.25, 0.3) is 0 Å². The molecule has 0 aromatic rings. The maximum atomic E-state index is 5.87. The highest BCUT2D eigenvalue weighted by Crippen LogP contribution is 2.27. The molecule has 3 nitrogen and oxygen atoms in total. The van der Waals surface area contributed by atoms with Crippen molar-refractivity contribution in [1.29, 1.82) is 0 Å². The maximum Gasteiger partial charge on any atom is 0.0391 e. The lowest BCUT2D eigenvalue weighted by atomic mass is 9.84. The zero-order valence-electron chi connectivity index (χ0n) is 13.5. The summed E-state index contributed by atoms with van der Waals surface area (Å²) in [5.41, 5.74) is 3.26. The molecule has 0 radical (unpaired) electrons. The van der Waals surface area contributed by atoms with Gasteiger partial charge in [-0.2, -0.15) is 0 Å². The van der Waals surface area contributed by atoms with Gasteiger partial charge in [0, 0.05) is 11.6 Å². The Morgan fingerprint density at radius 1 is 1.16 bits per heavy atom. The molecule has 1 rings (SSSR count). The van der Waals surface area contributed by atoms with E-state index in [0.717, 1.165) is 5.92 Å². The van der Waals surface area contributed by atoms with Crippen molar-refractivity contribution in [2.45, 2.75) is 84.2 Å². The first kappa shape index (κ1) is 16.9. The van der Waals surface area contributed by atoms with Crippen LogP contribution in [0.5, 0.6) is 0 Å². The molecule has 0 saturated carbocycles. The number of rotatable bonds is 7. The van der Waals surface area contributed by atoms with Crippen LogP contribution in [0.2, 0.25) is 0 Å². The van der Waals surface area contributed by atoms with E-state index < -0.39 is 0 Å². The molecule has 19 heavy (non-hydrogen) atoms. The Bertz CT molecular complexity index is 232. The van der Waals surface area contributed by atoms with Crippen LogP contribution >= 0.6 is 0 Å². The molecular formula is C16H35N3. The van der Waals surface area contributed by atoms with E-state index in [9.17, 15) is 0 Å². The minimum absolute atomic E-state index is 0.154. The first-order valence-corrected chi connectivity index (χ1v) is 8.23. The second-order valence-corrected chi connectivity index (χ2v) is 6.90. The van der Waals surface area contributed by atoms with Gasteiger partial charge in [-0.05, 0) is 52.1 Å². The van der Waals surface area contributed by atoms with Gasteiger partial charge in [0.15, 0.2) is 0 Å². The van der Waals surface area contributed by atoms with Crippen LogP contribution in [0.4, 0.5) is 0 Å². The van der Waals surface area contributed by atoms with Gasteiger partial charge in [0.05, 0.1) is 0 Å². The minimum atomic E-state index is 0.154. The smallest absolute Gasteiger partial charge is 0.0391 e. The van der Waals surface area contributed by atoms with Gasteiger partial charge in [-0.25, -0.2) is 0 Å². The van der Waals surface area contributed by atoms with Crippen molar-refractivity contribution >= 4 is 0 Å². The molecule has 1 fully saturated rings. The molecule has 0 spiro atoms. The van der Waals surface area contributed by atoms with Gasteiger partial charge in [0.2, 0.25) is 0 Å². The van der Waals surface area contributed by atoms with Crippen LogP contribution in [0, 0.1) is 5.92 Å². The molecule has 0 aromatic heterocycles. The van der Waals surface area contributed by atoms with E-state index in [2.05, 4.69) is 38.0 Å². The molecule has 0 aromatic carbocycles. The van der Waals surface area contributed by atoms with Crippen molar-refractivity contribution in [2.24, 2.45) is 11.8 Å². The van der Waals surface area contributed by atoms with Gasteiger partial charge in [-0.3, -0.25) is 16.2 Å². The molecule has 3 heteroatoms. The quantitative estimate of drug-likeness (QED) is 0.550. The molecule has 114 valence electrons. The Hall–Kier alpha value is -0.120. The van der Waals surface area contributed by atoms with Gasteiger partial charge in [0.1, 0.15) is 0 Å². The summed E-state index contributed by atoms with van der Waals surface area (Å²) in [5, 5.41) is 0. The van der Waals surface area contributed by atoms with Crippen molar-refractivity contribution in [3.63, 3.8) is 0 Å². The van der Waals surface area contributed by atoms with Crippen LogP contribution in [0.3, 0.4) is 0 Å². The van der Waals surface area contributed by atoms with Crippen LogP contribution in [-0.2, 0) is 0 Å². The van der Waals surface area contributed by atoms with Gasteiger partial charge in [-0.1, -0.05) is 39.5 Å². The third kappa shape index (κ3) is 5.05. The van der Waals surface area contributed by atoms with Crippen molar-refractivity contribution in [3.8, 4) is 0 Å². The summed E-state index contributed by atoms with van der Waals surface area (Å²) in [6.45, 7) is 11.8. The monoisotopic (exact) mass is 269 g/mol. The molecule has 3 N–H and O–H groups in total.